The van der Waals surface area contributed by atoms with Crippen LogP contribution in [0.4, 0.5) is 13.2 Å². The molecule has 0 aliphatic carbocycles. The highest BCUT2D eigenvalue weighted by Gasteiger charge is 2.30. The van der Waals surface area contributed by atoms with Crippen LogP contribution in [0.1, 0.15) is 31.2 Å². The Bertz CT molecular complexity index is 1380. The number of likely N-dealkylation sites (tertiary alicyclic amines) is 1. The molecule has 3 heterocycles. The molecule has 188 valence electrons. The first-order valence-corrected chi connectivity index (χ1v) is 11.2. The Kier molecular flexibility index (Phi) is 6.84. The van der Waals surface area contributed by atoms with Crippen molar-refractivity contribution in [1.82, 2.24) is 28.6 Å². The van der Waals surface area contributed by atoms with E-state index >= 15 is 4.39 Å². The van der Waals surface area contributed by atoms with Crippen LogP contribution in [0.5, 0.6) is 0 Å². The fourth-order valence-electron chi connectivity index (χ4n) is 4.32. The molecule has 0 N–H and O–H groups in total. The second-order valence-corrected chi connectivity index (χ2v) is 8.89. The van der Waals surface area contributed by atoms with Gasteiger partial charge in [0.2, 0.25) is 5.78 Å². The largest absolute Gasteiger partial charge is 0.373 e. The number of rotatable bonds is 7. The van der Waals surface area contributed by atoms with Crippen LogP contribution in [-0.4, -0.2) is 53.5 Å². The molecular weight excluding hydrogens is 465 g/mol. The predicted molar refractivity (Wildman–Crippen MR) is 122 cm³/mol. The maximum Gasteiger partial charge on any atom is 0.356 e. The van der Waals surface area contributed by atoms with E-state index in [1.54, 1.807) is 18.9 Å². The summed E-state index contributed by atoms with van der Waals surface area (Å²) in [5.74, 6) is -1.26. The van der Waals surface area contributed by atoms with Gasteiger partial charge in [0.15, 0.2) is 11.6 Å². The summed E-state index contributed by atoms with van der Waals surface area (Å²) in [5, 5.41) is 4.06. The maximum atomic E-state index is 15.1. The zero-order valence-electron chi connectivity index (χ0n) is 19.7. The molecule has 0 radical (unpaired) electrons. The normalized spacial score (nSPS) is 19.5. The minimum Gasteiger partial charge on any atom is -0.373 e. The number of alkyl halides is 1. The molecule has 3 atom stereocenters. The number of aryl methyl sites for hydroxylation is 2. The molecule has 2 aromatic heterocycles. The molecule has 3 aromatic rings. The third-order valence-electron chi connectivity index (χ3n) is 6.31. The van der Waals surface area contributed by atoms with Crippen LogP contribution in [0.15, 0.2) is 40.1 Å². The van der Waals surface area contributed by atoms with Crippen LogP contribution in [0.2, 0.25) is 0 Å². The van der Waals surface area contributed by atoms with Crippen molar-refractivity contribution in [2.45, 2.75) is 58.2 Å². The summed E-state index contributed by atoms with van der Waals surface area (Å²) < 4.78 is 50.7. The molecule has 0 saturated carbocycles. The monoisotopic (exact) mass is 492 g/mol. The minimum atomic E-state index is -1.54. The van der Waals surface area contributed by atoms with E-state index in [0.717, 1.165) is 21.2 Å². The van der Waals surface area contributed by atoms with Crippen molar-refractivity contribution in [3.63, 3.8) is 0 Å². The van der Waals surface area contributed by atoms with E-state index < -0.39 is 35.7 Å². The first-order valence-electron chi connectivity index (χ1n) is 11.2. The highest BCUT2D eigenvalue weighted by atomic mass is 19.2. The number of benzene rings is 1. The van der Waals surface area contributed by atoms with Gasteiger partial charge in [0.05, 0.1) is 25.8 Å². The number of ether oxygens (including phenoxy) is 1. The van der Waals surface area contributed by atoms with Crippen LogP contribution >= 0.6 is 0 Å². The van der Waals surface area contributed by atoms with Crippen molar-refractivity contribution in [3.8, 4) is 0 Å². The smallest absolute Gasteiger partial charge is 0.356 e. The van der Waals surface area contributed by atoms with E-state index in [1.165, 1.54) is 10.6 Å². The molecule has 0 bridgehead atoms. The summed E-state index contributed by atoms with van der Waals surface area (Å²) >= 11 is 0. The van der Waals surface area contributed by atoms with Crippen LogP contribution in [0, 0.1) is 18.6 Å². The number of nitrogens with zero attached hydrogens (tertiary/aromatic N) is 6. The van der Waals surface area contributed by atoms with Crippen LogP contribution in [-0.2, 0) is 24.9 Å². The van der Waals surface area contributed by atoms with Gasteiger partial charge in [-0.1, -0.05) is 12.6 Å². The molecule has 0 spiro atoms. The number of halogens is 3. The average Bonchev–Trinajstić information content (AvgIpc) is 3.08. The summed E-state index contributed by atoms with van der Waals surface area (Å²) in [6.45, 7) is 7.19. The summed E-state index contributed by atoms with van der Waals surface area (Å²) in [6, 6.07) is 3.49. The minimum absolute atomic E-state index is 0.0638. The first kappa shape index (κ1) is 24.7. The van der Waals surface area contributed by atoms with Crippen molar-refractivity contribution in [2.24, 2.45) is 7.05 Å². The lowest BCUT2D eigenvalue weighted by molar-refractivity contribution is -0.00761. The molecule has 12 heteroatoms. The van der Waals surface area contributed by atoms with Crippen molar-refractivity contribution in [2.75, 3.05) is 6.54 Å². The predicted octanol–water partition coefficient (Wildman–Crippen LogP) is 2.10. The Morgan fingerprint density at radius 2 is 1.97 bits per heavy atom. The molecule has 0 amide bonds. The SMILES string of the molecule is C=C1CC(OCc2ccc(F)c(F)c2)CC(C)N1C[C@@H](F)Cn1c(=O)nc2n(C)c(C)nn2c1=O. The summed E-state index contributed by atoms with van der Waals surface area (Å²) in [7, 11) is 1.63. The standard InChI is InChI=1S/C23H27F3N6O3/c1-13-7-18(35-12-16-5-6-19(25)20(26)9-16)8-14(2)30(13)10-17(24)11-31-22(33)27-21-29(4)15(3)28-32(21)23(31)34/h5-6,9,14,17-18H,1,7-8,10-12H2,2-4H3/t14?,17-,18?/m1/s1. The van der Waals surface area contributed by atoms with Gasteiger partial charge in [-0.25, -0.2) is 27.3 Å². The molecule has 35 heavy (non-hydrogen) atoms. The quantitative estimate of drug-likeness (QED) is 0.502. The Morgan fingerprint density at radius 1 is 1.23 bits per heavy atom. The van der Waals surface area contributed by atoms with Gasteiger partial charge in [-0.15, -0.1) is 9.61 Å². The molecule has 1 aromatic carbocycles. The van der Waals surface area contributed by atoms with Crippen LogP contribution < -0.4 is 11.4 Å². The zero-order valence-corrected chi connectivity index (χ0v) is 19.7. The first-order chi connectivity index (χ1) is 16.5. The molecule has 2 unspecified atom stereocenters. The highest BCUT2D eigenvalue weighted by molar-refractivity contribution is 5.26. The fraction of sp³-hybridized carbons (Fsp3) is 0.478. The summed E-state index contributed by atoms with van der Waals surface area (Å²) in [6.07, 6.45) is -0.752. The van der Waals surface area contributed by atoms with Crippen LogP contribution in [0.25, 0.3) is 5.78 Å². The van der Waals surface area contributed by atoms with E-state index in [2.05, 4.69) is 16.7 Å². The van der Waals surface area contributed by atoms with Crippen LogP contribution in [0.3, 0.4) is 0 Å². The van der Waals surface area contributed by atoms with Crippen molar-refractivity contribution in [1.29, 1.82) is 0 Å². The maximum absolute atomic E-state index is 15.1. The summed E-state index contributed by atoms with van der Waals surface area (Å²) in [4.78, 5) is 30.7. The molecule has 1 aliphatic heterocycles. The molecule has 4 rings (SSSR count). The van der Waals surface area contributed by atoms with E-state index in [-0.39, 0.29) is 31.1 Å². The van der Waals surface area contributed by atoms with Crippen molar-refractivity contribution >= 4 is 5.78 Å². The number of hydrogen-bond acceptors (Lipinski definition) is 6. The average molecular weight is 493 g/mol. The van der Waals surface area contributed by atoms with E-state index in [1.807, 2.05) is 6.92 Å². The number of aromatic nitrogens is 5. The van der Waals surface area contributed by atoms with E-state index in [9.17, 15) is 18.4 Å². The second kappa shape index (κ2) is 9.68. The summed E-state index contributed by atoms with van der Waals surface area (Å²) in [5.41, 5.74) is -0.419. The third kappa shape index (κ3) is 5.02. The van der Waals surface area contributed by atoms with Crippen molar-refractivity contribution < 1.29 is 17.9 Å². The molecule has 1 fully saturated rings. The molecule has 1 saturated heterocycles. The van der Waals surface area contributed by atoms with Gasteiger partial charge in [-0.05, 0) is 38.0 Å². The van der Waals surface area contributed by atoms with Crippen molar-refractivity contribution in [3.05, 3.63) is 74.5 Å². The second-order valence-electron chi connectivity index (χ2n) is 8.89. The lowest BCUT2D eigenvalue weighted by Gasteiger charge is -2.41. The van der Waals surface area contributed by atoms with Gasteiger partial charge in [-0.2, -0.15) is 4.98 Å². The van der Waals surface area contributed by atoms with Gasteiger partial charge in [0.25, 0.3) is 0 Å². The molecular formula is C23H27F3N6O3. The Balaban J connectivity index is 1.38. The Morgan fingerprint density at radius 3 is 2.66 bits per heavy atom. The van der Waals surface area contributed by atoms with E-state index in [0.29, 0.717) is 29.9 Å². The fourth-order valence-corrected chi connectivity index (χ4v) is 4.32. The third-order valence-corrected chi connectivity index (χ3v) is 6.31. The Hall–Kier alpha value is -3.41. The Labute approximate surface area is 199 Å². The number of fused-ring (bicyclic) bond motifs is 1. The topological polar surface area (TPSA) is 86.7 Å². The van der Waals surface area contributed by atoms with Gasteiger partial charge in [0, 0.05) is 25.2 Å². The number of piperidine rings is 1. The lowest BCUT2D eigenvalue weighted by Crippen LogP contribution is -2.47. The van der Waals surface area contributed by atoms with Gasteiger partial charge in [0.1, 0.15) is 12.0 Å². The lowest BCUT2D eigenvalue weighted by atomic mass is 9.97. The highest BCUT2D eigenvalue weighted by Crippen LogP contribution is 2.28. The van der Waals surface area contributed by atoms with Gasteiger partial charge >= 0.3 is 11.4 Å². The molecule has 1 aliphatic rings. The molecule has 9 nitrogen and oxygen atoms in total. The zero-order chi connectivity index (χ0) is 25.4. The number of hydrogen-bond donors (Lipinski definition) is 0. The van der Waals surface area contributed by atoms with E-state index in [4.69, 9.17) is 4.74 Å². The van der Waals surface area contributed by atoms with Gasteiger partial charge < -0.3 is 9.64 Å². The van der Waals surface area contributed by atoms with Gasteiger partial charge in [-0.3, -0.25) is 4.57 Å².